The number of carbonyl (C=O) groups excluding carboxylic acids is 2. The zero-order valence-corrected chi connectivity index (χ0v) is 14.0. The predicted molar refractivity (Wildman–Crippen MR) is 85.8 cm³/mol. The van der Waals surface area contributed by atoms with Crippen molar-refractivity contribution in [2.24, 2.45) is 0 Å². The lowest BCUT2D eigenvalue weighted by Crippen LogP contribution is -2.53. The minimum atomic E-state index is -0.874. The highest BCUT2D eigenvalue weighted by atomic mass is 19.1. The van der Waals surface area contributed by atoms with E-state index in [0.717, 1.165) is 0 Å². The summed E-state index contributed by atoms with van der Waals surface area (Å²) < 4.78 is 24.2. The van der Waals surface area contributed by atoms with Crippen LogP contribution >= 0.6 is 0 Å². The highest BCUT2D eigenvalue weighted by Crippen LogP contribution is 2.29. The van der Waals surface area contributed by atoms with Gasteiger partial charge < -0.3 is 19.7 Å². The molecule has 0 saturated carbocycles. The van der Waals surface area contributed by atoms with Gasteiger partial charge in [0.1, 0.15) is 12.4 Å². The molecule has 1 aromatic carbocycles. The quantitative estimate of drug-likeness (QED) is 0.760. The van der Waals surface area contributed by atoms with Crippen molar-refractivity contribution in [2.45, 2.75) is 25.5 Å². The topological polar surface area (TPSA) is 67.9 Å². The van der Waals surface area contributed by atoms with Crippen LogP contribution in [0.2, 0.25) is 0 Å². The average Bonchev–Trinajstić information content (AvgIpc) is 2.56. The number of hydrogen-bond acceptors (Lipinski definition) is 4. The van der Waals surface area contributed by atoms with E-state index in [1.54, 1.807) is 19.2 Å². The predicted octanol–water partition coefficient (Wildman–Crippen LogP) is 1.27. The molecule has 2 rings (SSSR count). The molecular weight excluding hydrogens is 315 g/mol. The Kier molecular flexibility index (Phi) is 6.69. The fourth-order valence-corrected chi connectivity index (χ4v) is 2.65. The molecule has 6 nitrogen and oxygen atoms in total. The third-order valence-corrected chi connectivity index (χ3v) is 3.90. The van der Waals surface area contributed by atoms with Crippen LogP contribution in [0.1, 0.15) is 24.9 Å². The Hall–Kier alpha value is -1.99. The first-order valence-electron chi connectivity index (χ1n) is 8.02. The second-order valence-corrected chi connectivity index (χ2v) is 5.58. The maximum atomic E-state index is 13.5. The number of ether oxygens (including phenoxy) is 2. The maximum Gasteiger partial charge on any atom is 0.251 e. The summed E-state index contributed by atoms with van der Waals surface area (Å²) in [4.78, 5) is 25.8. The van der Waals surface area contributed by atoms with E-state index >= 15 is 0 Å². The van der Waals surface area contributed by atoms with E-state index < -0.39 is 18.0 Å². The molecule has 1 aliphatic rings. The van der Waals surface area contributed by atoms with E-state index in [4.69, 9.17) is 9.47 Å². The van der Waals surface area contributed by atoms with Crippen LogP contribution in [0.5, 0.6) is 0 Å². The van der Waals surface area contributed by atoms with Crippen molar-refractivity contribution in [1.82, 2.24) is 10.2 Å². The number of hydrogen-bond donors (Lipinski definition) is 1. The normalized spacial score (nSPS) is 21.0. The smallest absolute Gasteiger partial charge is 0.251 e. The molecule has 132 valence electrons. The number of amides is 2. The third-order valence-electron chi connectivity index (χ3n) is 3.90. The molecule has 0 radical (unpaired) electrons. The maximum absolute atomic E-state index is 13.5. The fourth-order valence-electron chi connectivity index (χ4n) is 2.65. The van der Waals surface area contributed by atoms with Gasteiger partial charge in [-0.05, 0) is 31.0 Å². The first-order valence-corrected chi connectivity index (χ1v) is 8.02. The van der Waals surface area contributed by atoms with Gasteiger partial charge in [-0.2, -0.15) is 0 Å². The Bertz CT molecular complexity index is 581. The minimum Gasteiger partial charge on any atom is -0.382 e. The third kappa shape index (κ3) is 4.52. The zero-order valence-electron chi connectivity index (χ0n) is 14.0. The van der Waals surface area contributed by atoms with E-state index in [0.29, 0.717) is 31.7 Å². The Morgan fingerprint density at radius 3 is 3.00 bits per heavy atom. The lowest BCUT2D eigenvalue weighted by molar-refractivity contribution is -0.162. The Morgan fingerprint density at radius 2 is 2.29 bits per heavy atom. The van der Waals surface area contributed by atoms with E-state index in [2.05, 4.69) is 5.32 Å². The van der Waals surface area contributed by atoms with Crippen molar-refractivity contribution in [1.29, 1.82) is 0 Å². The summed E-state index contributed by atoms with van der Waals surface area (Å²) in [6, 6.07) is 5.21. The molecule has 0 aromatic heterocycles. The van der Waals surface area contributed by atoms with Crippen LogP contribution in [0.3, 0.4) is 0 Å². The number of nitrogens with one attached hydrogen (secondary N) is 1. The summed E-state index contributed by atoms with van der Waals surface area (Å²) in [7, 11) is 1.59. The summed E-state index contributed by atoms with van der Waals surface area (Å²) in [5.74, 6) is -0.987. The SMILES string of the molecule is CCOCCCNC(=O)[C@H]1OCC(=O)N(C)[C@H]1c1cccc(F)c1. The molecule has 2 amide bonds. The second-order valence-electron chi connectivity index (χ2n) is 5.58. The van der Waals surface area contributed by atoms with Gasteiger partial charge in [0.05, 0.1) is 6.04 Å². The van der Waals surface area contributed by atoms with Crippen molar-refractivity contribution in [3.05, 3.63) is 35.6 Å². The van der Waals surface area contributed by atoms with Crippen LogP contribution in [0.15, 0.2) is 24.3 Å². The fraction of sp³-hybridized carbons (Fsp3) is 0.529. The first kappa shape index (κ1) is 18.4. The van der Waals surface area contributed by atoms with Gasteiger partial charge in [0.25, 0.3) is 5.91 Å². The lowest BCUT2D eigenvalue weighted by Gasteiger charge is -2.38. The van der Waals surface area contributed by atoms with Crippen LogP contribution in [0.25, 0.3) is 0 Å². The standard InChI is InChI=1S/C17H23FN2O4/c1-3-23-9-5-8-19-17(22)16-15(20(2)14(21)11-24-16)12-6-4-7-13(18)10-12/h4,6-7,10,15-16H,3,5,8-9,11H2,1-2H3,(H,19,22)/t15-,16-/m0/s1. The number of benzene rings is 1. The molecule has 24 heavy (non-hydrogen) atoms. The van der Waals surface area contributed by atoms with Gasteiger partial charge in [0.15, 0.2) is 6.10 Å². The van der Waals surface area contributed by atoms with Gasteiger partial charge in [0.2, 0.25) is 5.91 Å². The molecule has 2 atom stereocenters. The Labute approximate surface area is 140 Å². The highest BCUT2D eigenvalue weighted by molar-refractivity contribution is 5.86. The van der Waals surface area contributed by atoms with Crippen LogP contribution in [0.4, 0.5) is 4.39 Å². The molecule has 0 unspecified atom stereocenters. The van der Waals surface area contributed by atoms with Crippen LogP contribution in [-0.2, 0) is 19.1 Å². The molecule has 0 bridgehead atoms. The zero-order chi connectivity index (χ0) is 17.5. The van der Waals surface area contributed by atoms with Gasteiger partial charge in [-0.25, -0.2) is 4.39 Å². The molecule has 0 spiro atoms. The number of carbonyl (C=O) groups is 2. The Morgan fingerprint density at radius 1 is 1.50 bits per heavy atom. The largest absolute Gasteiger partial charge is 0.382 e. The summed E-state index contributed by atoms with van der Waals surface area (Å²) in [6.45, 7) is 3.39. The molecule has 1 aliphatic heterocycles. The second kappa shape index (κ2) is 8.75. The number of halogens is 1. The molecule has 1 saturated heterocycles. The molecule has 7 heteroatoms. The summed E-state index contributed by atoms with van der Waals surface area (Å²) >= 11 is 0. The molecule has 1 aromatic rings. The highest BCUT2D eigenvalue weighted by Gasteiger charge is 2.39. The van der Waals surface area contributed by atoms with Crippen molar-refractivity contribution >= 4 is 11.8 Å². The van der Waals surface area contributed by atoms with Gasteiger partial charge in [-0.3, -0.25) is 9.59 Å². The summed E-state index contributed by atoms with van der Waals surface area (Å²) in [5, 5.41) is 2.79. The van der Waals surface area contributed by atoms with E-state index in [9.17, 15) is 14.0 Å². The number of likely N-dealkylation sites (N-methyl/N-ethyl adjacent to an activating group) is 1. The van der Waals surface area contributed by atoms with Crippen molar-refractivity contribution in [3.8, 4) is 0 Å². The summed E-state index contributed by atoms with van der Waals surface area (Å²) in [5.41, 5.74) is 0.528. The van der Waals surface area contributed by atoms with Gasteiger partial charge in [0, 0.05) is 26.8 Å². The van der Waals surface area contributed by atoms with E-state index in [-0.39, 0.29) is 18.4 Å². The summed E-state index contributed by atoms with van der Waals surface area (Å²) in [6.07, 6.45) is -0.187. The first-order chi connectivity index (χ1) is 11.5. The molecule has 1 fully saturated rings. The van der Waals surface area contributed by atoms with Gasteiger partial charge >= 0.3 is 0 Å². The van der Waals surface area contributed by atoms with Crippen molar-refractivity contribution in [3.63, 3.8) is 0 Å². The molecule has 1 heterocycles. The minimum absolute atomic E-state index is 0.167. The van der Waals surface area contributed by atoms with Crippen molar-refractivity contribution in [2.75, 3.05) is 33.4 Å². The molecule has 1 N–H and O–H groups in total. The lowest BCUT2D eigenvalue weighted by atomic mass is 9.97. The van der Waals surface area contributed by atoms with Crippen LogP contribution < -0.4 is 5.32 Å². The molecule has 0 aliphatic carbocycles. The monoisotopic (exact) mass is 338 g/mol. The van der Waals surface area contributed by atoms with Crippen molar-refractivity contribution < 1.29 is 23.5 Å². The van der Waals surface area contributed by atoms with Crippen LogP contribution in [-0.4, -0.2) is 56.2 Å². The Balaban J connectivity index is 2.07. The van der Waals surface area contributed by atoms with E-state index in [1.807, 2.05) is 6.92 Å². The molecular formula is C17H23FN2O4. The van der Waals surface area contributed by atoms with Gasteiger partial charge in [-0.15, -0.1) is 0 Å². The number of morpholine rings is 1. The van der Waals surface area contributed by atoms with E-state index in [1.165, 1.54) is 17.0 Å². The van der Waals surface area contributed by atoms with Gasteiger partial charge in [-0.1, -0.05) is 12.1 Å². The number of rotatable bonds is 7. The van der Waals surface area contributed by atoms with Crippen LogP contribution in [0, 0.1) is 5.82 Å². The average molecular weight is 338 g/mol. The number of nitrogens with zero attached hydrogens (tertiary/aromatic N) is 1.